The summed E-state index contributed by atoms with van der Waals surface area (Å²) in [4.78, 5) is 11.2. The second-order valence-electron chi connectivity index (χ2n) is 9.61. The van der Waals surface area contributed by atoms with Crippen molar-refractivity contribution in [1.29, 1.82) is 0 Å². The molecule has 164 valence electrons. The highest BCUT2D eigenvalue weighted by Crippen LogP contribution is 2.47. The molecule has 4 aromatic rings. The van der Waals surface area contributed by atoms with Gasteiger partial charge in [0, 0.05) is 34.1 Å². The maximum atomic E-state index is 4.38. The zero-order valence-corrected chi connectivity index (χ0v) is 20.2. The van der Waals surface area contributed by atoms with Crippen LogP contribution >= 0.6 is 23.7 Å². The average molecular weight is 456 g/mol. The van der Waals surface area contributed by atoms with Gasteiger partial charge in [-0.25, -0.2) is 9.50 Å². The van der Waals surface area contributed by atoms with Gasteiger partial charge in [0.25, 0.3) is 0 Å². The summed E-state index contributed by atoms with van der Waals surface area (Å²) >= 11 is 2.00. The van der Waals surface area contributed by atoms with Crippen LogP contribution in [0.25, 0.3) is 27.1 Å². The number of aryl methyl sites for hydroxylation is 2. The first-order chi connectivity index (χ1) is 14.5. The summed E-state index contributed by atoms with van der Waals surface area (Å²) in [6, 6.07) is 3.70. The number of halogens is 1. The Balaban J connectivity index is 0.00000204. The molecule has 0 amide bonds. The predicted octanol–water partition coefficient (Wildman–Crippen LogP) is 6.10. The molecule has 2 fully saturated rings. The zero-order valence-electron chi connectivity index (χ0n) is 18.5. The number of fused-ring (bicyclic) bond motifs is 4. The minimum atomic E-state index is 0. The van der Waals surface area contributed by atoms with Gasteiger partial charge >= 0.3 is 0 Å². The Labute approximate surface area is 193 Å². The average Bonchev–Trinajstić information content (AvgIpc) is 3.46. The van der Waals surface area contributed by atoms with Crippen molar-refractivity contribution in [1.82, 2.24) is 24.9 Å². The van der Waals surface area contributed by atoms with Crippen molar-refractivity contribution in [2.45, 2.75) is 77.3 Å². The standard InChI is InChI=1S/C24H29N5S.ClH/c1-12(2)19-20-14(4)22(15-8-17-5-6-18(9-15)27-17)30-24(20)28-21(19)16-7-13(3)23-25-11-26-29(23)10-16;/h7,10-12,15,17-18,27-28H,5-6,8-9H2,1-4H3;1H. The minimum Gasteiger partial charge on any atom is -0.346 e. The van der Waals surface area contributed by atoms with Gasteiger partial charge in [-0.05, 0) is 74.1 Å². The van der Waals surface area contributed by atoms with Gasteiger partial charge in [0.05, 0.1) is 5.69 Å². The van der Waals surface area contributed by atoms with Crippen molar-refractivity contribution < 1.29 is 0 Å². The number of rotatable bonds is 3. The first-order valence-electron chi connectivity index (χ1n) is 11.2. The summed E-state index contributed by atoms with van der Waals surface area (Å²) in [5.74, 6) is 1.16. The Morgan fingerprint density at radius 3 is 2.61 bits per heavy atom. The van der Waals surface area contributed by atoms with Crippen molar-refractivity contribution in [3.8, 4) is 11.3 Å². The van der Waals surface area contributed by atoms with Gasteiger partial charge in [0.2, 0.25) is 0 Å². The fourth-order valence-electron chi connectivity index (χ4n) is 5.95. The van der Waals surface area contributed by atoms with Gasteiger partial charge in [0.1, 0.15) is 11.2 Å². The van der Waals surface area contributed by atoms with Crippen molar-refractivity contribution in [3.63, 3.8) is 0 Å². The molecule has 4 aromatic heterocycles. The quantitative estimate of drug-likeness (QED) is 0.392. The molecule has 0 spiro atoms. The lowest BCUT2D eigenvalue weighted by atomic mass is 9.88. The number of aromatic amines is 1. The summed E-state index contributed by atoms with van der Waals surface area (Å²) in [7, 11) is 0. The van der Waals surface area contributed by atoms with E-state index in [2.05, 4.69) is 60.3 Å². The highest BCUT2D eigenvalue weighted by atomic mass is 35.5. The predicted molar refractivity (Wildman–Crippen MR) is 131 cm³/mol. The summed E-state index contributed by atoms with van der Waals surface area (Å²) in [5, 5.41) is 9.64. The highest BCUT2D eigenvalue weighted by molar-refractivity contribution is 7.19. The molecule has 0 aromatic carbocycles. The van der Waals surface area contributed by atoms with Crippen molar-refractivity contribution >= 4 is 39.6 Å². The van der Waals surface area contributed by atoms with E-state index in [9.17, 15) is 0 Å². The third-order valence-electron chi connectivity index (χ3n) is 7.23. The van der Waals surface area contributed by atoms with E-state index in [0.717, 1.165) is 23.3 Å². The van der Waals surface area contributed by atoms with E-state index < -0.39 is 0 Å². The van der Waals surface area contributed by atoms with Crippen LogP contribution < -0.4 is 5.32 Å². The van der Waals surface area contributed by atoms with E-state index in [0.29, 0.717) is 11.8 Å². The maximum Gasteiger partial charge on any atom is 0.158 e. The van der Waals surface area contributed by atoms with Gasteiger partial charge in [-0.15, -0.1) is 23.7 Å². The van der Waals surface area contributed by atoms with Crippen LogP contribution in [0.5, 0.6) is 0 Å². The monoisotopic (exact) mass is 455 g/mol. The van der Waals surface area contributed by atoms with Crippen molar-refractivity contribution in [2.75, 3.05) is 0 Å². The topological polar surface area (TPSA) is 58.0 Å². The Morgan fingerprint density at radius 2 is 1.90 bits per heavy atom. The summed E-state index contributed by atoms with van der Waals surface area (Å²) < 4.78 is 1.90. The molecule has 6 rings (SSSR count). The number of nitrogens with one attached hydrogen (secondary N) is 2. The Hall–Kier alpha value is -1.89. The smallest absolute Gasteiger partial charge is 0.158 e. The summed E-state index contributed by atoms with van der Waals surface area (Å²) in [6.45, 7) is 9.10. The molecule has 2 saturated heterocycles. The SMILES string of the molecule is Cc1c(C2CC3CCC(C2)N3)sc2[nH]c(-c3cc(C)c4ncnn4c3)c(C(C)C)c12.Cl. The lowest BCUT2D eigenvalue weighted by Crippen LogP contribution is -2.37. The van der Waals surface area contributed by atoms with E-state index in [1.165, 1.54) is 58.3 Å². The van der Waals surface area contributed by atoms with Crippen LogP contribution in [0.1, 0.15) is 72.9 Å². The van der Waals surface area contributed by atoms with Crippen molar-refractivity contribution in [2.24, 2.45) is 0 Å². The number of hydrogen-bond donors (Lipinski definition) is 2. The van der Waals surface area contributed by atoms with Crippen LogP contribution in [0.4, 0.5) is 0 Å². The molecule has 2 aliphatic heterocycles. The van der Waals surface area contributed by atoms with Crippen LogP contribution in [0.15, 0.2) is 18.6 Å². The molecule has 2 aliphatic rings. The molecule has 2 atom stereocenters. The second-order valence-corrected chi connectivity index (χ2v) is 10.7. The van der Waals surface area contributed by atoms with E-state index in [4.69, 9.17) is 0 Å². The first kappa shape index (κ1) is 21.0. The number of thiophene rings is 1. The Bertz CT molecular complexity index is 1250. The maximum absolute atomic E-state index is 4.38. The zero-order chi connectivity index (χ0) is 20.6. The third-order valence-corrected chi connectivity index (χ3v) is 8.60. The van der Waals surface area contributed by atoms with Crippen LogP contribution in [0.2, 0.25) is 0 Å². The molecule has 7 heteroatoms. The normalized spacial score (nSPS) is 23.2. The Morgan fingerprint density at radius 1 is 1.16 bits per heavy atom. The number of hydrogen-bond acceptors (Lipinski definition) is 4. The number of nitrogens with zero attached hydrogens (tertiary/aromatic N) is 3. The molecule has 2 bridgehead atoms. The number of aromatic nitrogens is 4. The lowest BCUT2D eigenvalue weighted by Gasteiger charge is -2.29. The molecule has 31 heavy (non-hydrogen) atoms. The molecular weight excluding hydrogens is 426 g/mol. The van der Waals surface area contributed by atoms with Crippen molar-refractivity contribution in [3.05, 3.63) is 40.2 Å². The molecule has 5 nitrogen and oxygen atoms in total. The largest absolute Gasteiger partial charge is 0.346 e. The van der Waals surface area contributed by atoms with E-state index >= 15 is 0 Å². The third kappa shape index (κ3) is 3.22. The molecule has 0 saturated carbocycles. The number of piperidine rings is 1. The van der Waals surface area contributed by atoms with Crippen LogP contribution in [-0.4, -0.2) is 31.7 Å². The second kappa shape index (κ2) is 7.61. The molecule has 0 aliphatic carbocycles. The van der Waals surface area contributed by atoms with Crippen LogP contribution in [0, 0.1) is 13.8 Å². The van der Waals surface area contributed by atoms with Gasteiger partial charge in [-0.3, -0.25) is 0 Å². The molecular formula is C24H30ClN5S. The molecule has 6 heterocycles. The first-order valence-corrected chi connectivity index (χ1v) is 12.0. The number of pyridine rings is 1. The van der Waals surface area contributed by atoms with Crippen LogP contribution in [-0.2, 0) is 0 Å². The van der Waals surface area contributed by atoms with Crippen LogP contribution in [0.3, 0.4) is 0 Å². The summed E-state index contributed by atoms with van der Waals surface area (Å²) in [5.41, 5.74) is 7.47. The fraction of sp³-hybridized carbons (Fsp3) is 0.500. The van der Waals surface area contributed by atoms with Gasteiger partial charge in [-0.2, -0.15) is 5.10 Å². The Kier molecular flexibility index (Phi) is 5.15. The molecule has 2 N–H and O–H groups in total. The van der Waals surface area contributed by atoms with Gasteiger partial charge < -0.3 is 10.3 Å². The van der Waals surface area contributed by atoms with E-state index in [1.807, 2.05) is 15.9 Å². The van der Waals surface area contributed by atoms with Gasteiger partial charge in [-0.1, -0.05) is 13.8 Å². The molecule has 0 radical (unpaired) electrons. The molecule has 2 unspecified atom stereocenters. The van der Waals surface area contributed by atoms with E-state index in [-0.39, 0.29) is 12.4 Å². The lowest BCUT2D eigenvalue weighted by molar-refractivity contribution is 0.366. The van der Waals surface area contributed by atoms with E-state index in [1.54, 1.807) is 11.2 Å². The highest BCUT2D eigenvalue weighted by Gasteiger charge is 2.36. The fourth-order valence-corrected chi connectivity index (χ4v) is 7.30. The minimum absolute atomic E-state index is 0. The van der Waals surface area contributed by atoms with Gasteiger partial charge in [0.15, 0.2) is 5.65 Å². The number of H-pyrrole nitrogens is 1. The summed E-state index contributed by atoms with van der Waals surface area (Å²) in [6.07, 6.45) is 9.05.